The smallest absolute Gasteiger partial charge is 0.107 e. The van der Waals surface area contributed by atoms with Crippen molar-refractivity contribution in [2.75, 3.05) is 25.3 Å². The largest absolute Gasteiger partial charge is 0.389 e. The molecule has 112 valence electrons. The molecule has 0 radical (unpaired) electrons. The van der Waals surface area contributed by atoms with Crippen LogP contribution in [0.4, 0.5) is 11.4 Å². The molecular weight excluding hydrogens is 304 g/mol. The van der Waals surface area contributed by atoms with Crippen molar-refractivity contribution in [1.29, 1.82) is 0 Å². The second-order valence-electron chi connectivity index (χ2n) is 4.36. The number of rotatable bonds is 7. The molecule has 2 rings (SSSR count). The van der Waals surface area contributed by atoms with E-state index >= 15 is 0 Å². The number of thiocarbonyl (C=S) groups is 1. The van der Waals surface area contributed by atoms with Gasteiger partial charge in [0.15, 0.2) is 0 Å². The third-order valence-electron chi connectivity index (χ3n) is 2.93. The zero-order valence-electron chi connectivity index (χ0n) is 12.0. The lowest BCUT2D eigenvalue weighted by atomic mass is 10.1. The summed E-state index contributed by atoms with van der Waals surface area (Å²) in [6.45, 7) is 1.34. The zero-order chi connectivity index (χ0) is 15.2. The SMILES string of the molecule is COCCn1cc(Nc2cccc(SC)c2C(N)=S)cn1. The van der Waals surface area contributed by atoms with Crippen molar-refractivity contribution >= 4 is 40.3 Å². The molecule has 3 N–H and O–H groups in total. The fourth-order valence-electron chi connectivity index (χ4n) is 1.95. The number of ether oxygens (including phenoxy) is 1. The molecule has 21 heavy (non-hydrogen) atoms. The lowest BCUT2D eigenvalue weighted by Gasteiger charge is -2.13. The van der Waals surface area contributed by atoms with Crippen LogP contribution in [0, 0.1) is 0 Å². The van der Waals surface area contributed by atoms with Crippen LogP contribution in [-0.4, -0.2) is 34.7 Å². The Morgan fingerprint density at radius 2 is 2.33 bits per heavy atom. The summed E-state index contributed by atoms with van der Waals surface area (Å²) >= 11 is 6.79. The van der Waals surface area contributed by atoms with Crippen LogP contribution >= 0.6 is 24.0 Å². The molecule has 0 aliphatic heterocycles. The summed E-state index contributed by atoms with van der Waals surface area (Å²) in [5.41, 5.74) is 8.50. The van der Waals surface area contributed by atoms with Crippen molar-refractivity contribution in [1.82, 2.24) is 9.78 Å². The number of hydrogen-bond acceptors (Lipinski definition) is 5. The van der Waals surface area contributed by atoms with Crippen molar-refractivity contribution in [2.45, 2.75) is 11.4 Å². The molecule has 0 saturated heterocycles. The molecule has 0 atom stereocenters. The molecule has 0 spiro atoms. The average molecular weight is 322 g/mol. The molecule has 1 aromatic heterocycles. The van der Waals surface area contributed by atoms with Crippen molar-refractivity contribution in [3.05, 3.63) is 36.2 Å². The topological polar surface area (TPSA) is 65.1 Å². The first-order valence-electron chi connectivity index (χ1n) is 6.41. The Kier molecular flexibility index (Phi) is 5.60. The van der Waals surface area contributed by atoms with Crippen LogP contribution < -0.4 is 11.1 Å². The normalized spacial score (nSPS) is 10.6. The highest BCUT2D eigenvalue weighted by atomic mass is 32.2. The molecule has 2 aromatic rings. The number of nitrogens with one attached hydrogen (secondary N) is 1. The minimum atomic E-state index is 0.384. The van der Waals surface area contributed by atoms with Gasteiger partial charge in [0, 0.05) is 29.5 Å². The second kappa shape index (κ2) is 7.44. The van der Waals surface area contributed by atoms with Crippen molar-refractivity contribution in [2.24, 2.45) is 5.73 Å². The van der Waals surface area contributed by atoms with Crippen LogP contribution in [0.1, 0.15) is 5.56 Å². The summed E-state index contributed by atoms with van der Waals surface area (Å²) in [5.74, 6) is 0. The third kappa shape index (κ3) is 3.96. The number of benzene rings is 1. The number of hydrogen-bond donors (Lipinski definition) is 2. The first kappa shape index (κ1) is 15.8. The Morgan fingerprint density at radius 3 is 3.00 bits per heavy atom. The van der Waals surface area contributed by atoms with Gasteiger partial charge in [-0.2, -0.15) is 5.10 Å². The minimum Gasteiger partial charge on any atom is -0.389 e. The van der Waals surface area contributed by atoms with E-state index in [4.69, 9.17) is 22.7 Å². The van der Waals surface area contributed by atoms with E-state index in [0.29, 0.717) is 18.1 Å². The predicted molar refractivity (Wildman–Crippen MR) is 91.5 cm³/mol. The fourth-order valence-corrected chi connectivity index (χ4v) is 2.87. The standard InChI is InChI=1S/C14H18N4OS2/c1-19-7-6-18-9-10(8-16-18)17-11-4-3-5-12(21-2)13(11)14(15)20/h3-5,8-9,17H,6-7H2,1-2H3,(H2,15,20). The summed E-state index contributed by atoms with van der Waals surface area (Å²) < 4.78 is 6.86. The van der Waals surface area contributed by atoms with E-state index in [2.05, 4.69) is 10.4 Å². The lowest BCUT2D eigenvalue weighted by molar-refractivity contribution is 0.183. The van der Waals surface area contributed by atoms with Crippen LogP contribution in [0.5, 0.6) is 0 Å². The molecule has 0 amide bonds. The van der Waals surface area contributed by atoms with Crippen molar-refractivity contribution in [3.63, 3.8) is 0 Å². The van der Waals surface area contributed by atoms with Crippen LogP contribution in [0.2, 0.25) is 0 Å². The monoisotopic (exact) mass is 322 g/mol. The van der Waals surface area contributed by atoms with E-state index in [1.165, 1.54) is 0 Å². The molecule has 0 fully saturated rings. The minimum absolute atomic E-state index is 0.384. The maximum atomic E-state index is 5.86. The number of aromatic nitrogens is 2. The summed E-state index contributed by atoms with van der Waals surface area (Å²) in [6.07, 6.45) is 5.70. The highest BCUT2D eigenvalue weighted by Crippen LogP contribution is 2.29. The van der Waals surface area contributed by atoms with E-state index < -0.39 is 0 Å². The Balaban J connectivity index is 2.23. The number of methoxy groups -OCH3 is 1. The molecule has 0 aliphatic rings. The molecule has 5 nitrogen and oxygen atoms in total. The van der Waals surface area contributed by atoms with E-state index in [1.807, 2.05) is 35.3 Å². The van der Waals surface area contributed by atoms with Gasteiger partial charge in [-0.3, -0.25) is 4.68 Å². The van der Waals surface area contributed by atoms with Gasteiger partial charge in [0.1, 0.15) is 4.99 Å². The molecule has 0 aliphatic carbocycles. The molecule has 1 aromatic carbocycles. The molecule has 0 saturated carbocycles. The van der Waals surface area contributed by atoms with Gasteiger partial charge in [-0.05, 0) is 18.4 Å². The van der Waals surface area contributed by atoms with Gasteiger partial charge < -0.3 is 15.8 Å². The second-order valence-corrected chi connectivity index (χ2v) is 5.64. The number of thioether (sulfide) groups is 1. The molecule has 0 unspecified atom stereocenters. The first-order chi connectivity index (χ1) is 10.2. The maximum Gasteiger partial charge on any atom is 0.107 e. The fraction of sp³-hybridized carbons (Fsp3) is 0.286. The van der Waals surface area contributed by atoms with Gasteiger partial charge in [-0.15, -0.1) is 11.8 Å². The van der Waals surface area contributed by atoms with Crippen molar-refractivity contribution in [3.8, 4) is 0 Å². The van der Waals surface area contributed by atoms with Crippen molar-refractivity contribution < 1.29 is 4.74 Å². The molecule has 0 bridgehead atoms. The van der Waals surface area contributed by atoms with Crippen LogP contribution in [0.3, 0.4) is 0 Å². The number of nitrogens with zero attached hydrogens (tertiary/aromatic N) is 2. The zero-order valence-corrected chi connectivity index (χ0v) is 13.6. The summed E-state index contributed by atoms with van der Waals surface area (Å²) in [6, 6.07) is 5.94. The summed E-state index contributed by atoms with van der Waals surface area (Å²) in [4.78, 5) is 1.44. The summed E-state index contributed by atoms with van der Waals surface area (Å²) in [5, 5.41) is 7.59. The van der Waals surface area contributed by atoms with Crippen LogP contribution in [0.15, 0.2) is 35.5 Å². The Labute approximate surface area is 133 Å². The van der Waals surface area contributed by atoms with E-state index in [9.17, 15) is 0 Å². The van der Waals surface area contributed by atoms with Gasteiger partial charge in [0.05, 0.1) is 25.0 Å². The maximum absolute atomic E-state index is 5.86. The highest BCUT2D eigenvalue weighted by Gasteiger charge is 2.11. The van der Waals surface area contributed by atoms with E-state index in [1.54, 1.807) is 25.1 Å². The van der Waals surface area contributed by atoms with Gasteiger partial charge in [-0.1, -0.05) is 18.3 Å². The Morgan fingerprint density at radius 1 is 1.52 bits per heavy atom. The van der Waals surface area contributed by atoms with Gasteiger partial charge in [0.25, 0.3) is 0 Å². The quantitative estimate of drug-likeness (QED) is 0.603. The predicted octanol–water partition coefficient (Wildman–Crippen LogP) is 2.63. The van der Waals surface area contributed by atoms with Gasteiger partial charge >= 0.3 is 0 Å². The van der Waals surface area contributed by atoms with E-state index in [0.717, 1.165) is 21.8 Å². The molecule has 1 heterocycles. The third-order valence-corrected chi connectivity index (χ3v) is 3.91. The Bertz CT molecular complexity index is 627. The van der Waals surface area contributed by atoms with Crippen LogP contribution in [-0.2, 0) is 11.3 Å². The molecular formula is C14H18N4OS2. The van der Waals surface area contributed by atoms with Gasteiger partial charge in [-0.25, -0.2) is 0 Å². The Hall–Kier alpha value is -1.57. The average Bonchev–Trinajstić information content (AvgIpc) is 2.92. The van der Waals surface area contributed by atoms with Gasteiger partial charge in [0.2, 0.25) is 0 Å². The number of nitrogens with two attached hydrogens (primary N) is 1. The van der Waals surface area contributed by atoms with E-state index in [-0.39, 0.29) is 0 Å². The summed E-state index contributed by atoms with van der Waals surface area (Å²) in [7, 11) is 1.67. The highest BCUT2D eigenvalue weighted by molar-refractivity contribution is 7.98. The number of anilines is 2. The lowest BCUT2D eigenvalue weighted by Crippen LogP contribution is -2.13. The van der Waals surface area contributed by atoms with Crippen LogP contribution in [0.25, 0.3) is 0 Å². The first-order valence-corrected chi connectivity index (χ1v) is 8.04. The molecule has 7 heteroatoms.